The quantitative estimate of drug-likeness (QED) is 0.618. The van der Waals surface area contributed by atoms with E-state index >= 15 is 0 Å². The van der Waals surface area contributed by atoms with Gasteiger partial charge in [0, 0.05) is 16.8 Å². The Morgan fingerprint density at radius 2 is 1.38 bits per heavy atom. The molecule has 0 unspecified atom stereocenters. The SMILES string of the molecule is CCOc1ccccc1NC(=O)c1ccc(NC(=O)c2ccc(OC)cc2)cc1. The number of ether oxygens (including phenoxy) is 2. The Kier molecular flexibility index (Phi) is 6.47. The molecule has 6 nitrogen and oxygen atoms in total. The molecule has 0 saturated carbocycles. The molecule has 0 aromatic heterocycles. The van der Waals surface area contributed by atoms with Gasteiger partial charge in [0.25, 0.3) is 11.8 Å². The second-order valence-electron chi connectivity index (χ2n) is 6.14. The monoisotopic (exact) mass is 390 g/mol. The number of carbonyl (C=O) groups is 2. The predicted molar refractivity (Wildman–Crippen MR) is 113 cm³/mol. The first-order valence-electron chi connectivity index (χ1n) is 9.19. The molecule has 3 aromatic carbocycles. The lowest BCUT2D eigenvalue weighted by Crippen LogP contribution is -2.14. The van der Waals surface area contributed by atoms with Gasteiger partial charge in [0.15, 0.2) is 0 Å². The van der Waals surface area contributed by atoms with Crippen LogP contribution in [0.5, 0.6) is 11.5 Å². The Labute approximate surface area is 169 Å². The number of para-hydroxylation sites is 2. The summed E-state index contributed by atoms with van der Waals surface area (Å²) in [4.78, 5) is 24.8. The van der Waals surface area contributed by atoms with Crippen LogP contribution in [0.3, 0.4) is 0 Å². The Bertz CT molecular complexity index is 983. The van der Waals surface area contributed by atoms with Crippen LogP contribution in [-0.4, -0.2) is 25.5 Å². The minimum absolute atomic E-state index is 0.240. The number of anilines is 2. The average molecular weight is 390 g/mol. The van der Waals surface area contributed by atoms with Crippen LogP contribution in [0.4, 0.5) is 11.4 Å². The molecule has 0 bridgehead atoms. The highest BCUT2D eigenvalue weighted by Crippen LogP contribution is 2.24. The molecule has 0 heterocycles. The van der Waals surface area contributed by atoms with Gasteiger partial charge in [-0.1, -0.05) is 12.1 Å². The summed E-state index contributed by atoms with van der Waals surface area (Å²) >= 11 is 0. The number of hydrogen-bond acceptors (Lipinski definition) is 4. The van der Waals surface area contributed by atoms with Crippen molar-refractivity contribution in [2.24, 2.45) is 0 Å². The van der Waals surface area contributed by atoms with Crippen LogP contribution in [0.2, 0.25) is 0 Å². The smallest absolute Gasteiger partial charge is 0.255 e. The van der Waals surface area contributed by atoms with Gasteiger partial charge in [-0.15, -0.1) is 0 Å². The molecule has 148 valence electrons. The highest BCUT2D eigenvalue weighted by Gasteiger charge is 2.11. The summed E-state index contributed by atoms with van der Waals surface area (Å²) in [7, 11) is 1.57. The van der Waals surface area contributed by atoms with Crippen LogP contribution in [-0.2, 0) is 0 Å². The molecule has 0 atom stereocenters. The summed E-state index contributed by atoms with van der Waals surface area (Å²) in [6.45, 7) is 2.40. The summed E-state index contributed by atoms with van der Waals surface area (Å²) in [5.74, 6) is 0.801. The lowest BCUT2D eigenvalue weighted by Gasteiger charge is -2.11. The van der Waals surface area contributed by atoms with Gasteiger partial charge in [-0.25, -0.2) is 0 Å². The van der Waals surface area contributed by atoms with E-state index in [-0.39, 0.29) is 11.8 Å². The Hall–Kier alpha value is -3.80. The van der Waals surface area contributed by atoms with Crippen molar-refractivity contribution in [2.45, 2.75) is 6.92 Å². The van der Waals surface area contributed by atoms with Gasteiger partial charge in [0.2, 0.25) is 0 Å². The summed E-state index contributed by atoms with van der Waals surface area (Å²) in [6.07, 6.45) is 0. The minimum atomic E-state index is -0.259. The summed E-state index contributed by atoms with van der Waals surface area (Å²) in [6, 6.07) is 20.8. The van der Waals surface area contributed by atoms with Crippen molar-refractivity contribution in [2.75, 3.05) is 24.4 Å². The number of rotatable bonds is 7. The second-order valence-corrected chi connectivity index (χ2v) is 6.14. The zero-order valence-electron chi connectivity index (χ0n) is 16.3. The van der Waals surface area contributed by atoms with Crippen molar-refractivity contribution < 1.29 is 19.1 Å². The Balaban J connectivity index is 1.65. The number of amides is 2. The third kappa shape index (κ3) is 5.13. The molecule has 0 radical (unpaired) electrons. The lowest BCUT2D eigenvalue weighted by atomic mass is 10.1. The Morgan fingerprint density at radius 3 is 2.00 bits per heavy atom. The molecular weight excluding hydrogens is 368 g/mol. The van der Waals surface area contributed by atoms with Crippen LogP contribution in [0, 0.1) is 0 Å². The number of benzene rings is 3. The molecule has 3 rings (SSSR count). The fourth-order valence-electron chi connectivity index (χ4n) is 2.70. The van der Waals surface area contributed by atoms with Crippen LogP contribution in [0.1, 0.15) is 27.6 Å². The predicted octanol–water partition coefficient (Wildman–Crippen LogP) is 4.60. The Morgan fingerprint density at radius 1 is 0.793 bits per heavy atom. The van der Waals surface area contributed by atoms with Crippen LogP contribution in [0.25, 0.3) is 0 Å². The van der Waals surface area contributed by atoms with E-state index in [0.29, 0.717) is 40.6 Å². The van der Waals surface area contributed by atoms with E-state index in [1.807, 2.05) is 19.1 Å². The molecule has 0 aliphatic rings. The van der Waals surface area contributed by atoms with Gasteiger partial charge in [-0.05, 0) is 67.6 Å². The fourth-order valence-corrected chi connectivity index (χ4v) is 2.70. The van der Waals surface area contributed by atoms with Gasteiger partial charge in [-0.3, -0.25) is 9.59 Å². The topological polar surface area (TPSA) is 76.7 Å². The maximum Gasteiger partial charge on any atom is 0.255 e. The number of methoxy groups -OCH3 is 1. The van der Waals surface area contributed by atoms with Crippen molar-refractivity contribution in [3.8, 4) is 11.5 Å². The van der Waals surface area contributed by atoms with Gasteiger partial charge in [0.1, 0.15) is 11.5 Å². The summed E-state index contributed by atoms with van der Waals surface area (Å²) in [5.41, 5.74) is 2.19. The number of carbonyl (C=O) groups excluding carboxylic acids is 2. The van der Waals surface area contributed by atoms with Gasteiger partial charge in [0.05, 0.1) is 19.4 Å². The van der Waals surface area contributed by atoms with E-state index in [2.05, 4.69) is 10.6 Å². The third-order valence-electron chi connectivity index (χ3n) is 4.19. The van der Waals surface area contributed by atoms with Crippen molar-refractivity contribution in [1.29, 1.82) is 0 Å². The van der Waals surface area contributed by atoms with Crippen LogP contribution in [0.15, 0.2) is 72.8 Å². The molecule has 0 fully saturated rings. The van der Waals surface area contributed by atoms with E-state index in [9.17, 15) is 9.59 Å². The van der Waals surface area contributed by atoms with Gasteiger partial charge < -0.3 is 20.1 Å². The maximum absolute atomic E-state index is 12.5. The highest BCUT2D eigenvalue weighted by atomic mass is 16.5. The van der Waals surface area contributed by atoms with Crippen molar-refractivity contribution in [1.82, 2.24) is 0 Å². The number of nitrogens with one attached hydrogen (secondary N) is 2. The second kappa shape index (κ2) is 9.41. The van der Waals surface area contributed by atoms with E-state index in [4.69, 9.17) is 9.47 Å². The molecule has 2 N–H and O–H groups in total. The molecular formula is C23H22N2O4. The van der Waals surface area contributed by atoms with Gasteiger partial charge in [-0.2, -0.15) is 0 Å². The summed E-state index contributed by atoms with van der Waals surface area (Å²) < 4.78 is 10.6. The molecule has 2 amide bonds. The fraction of sp³-hybridized carbons (Fsp3) is 0.130. The first-order valence-corrected chi connectivity index (χ1v) is 9.19. The summed E-state index contributed by atoms with van der Waals surface area (Å²) in [5, 5.41) is 5.65. The largest absolute Gasteiger partial charge is 0.497 e. The molecule has 3 aromatic rings. The van der Waals surface area contributed by atoms with E-state index in [0.717, 1.165) is 0 Å². The molecule has 0 aliphatic heterocycles. The molecule has 0 saturated heterocycles. The molecule has 0 spiro atoms. The average Bonchev–Trinajstić information content (AvgIpc) is 2.76. The molecule has 6 heteroatoms. The van der Waals surface area contributed by atoms with E-state index in [1.54, 1.807) is 67.8 Å². The zero-order valence-corrected chi connectivity index (χ0v) is 16.3. The van der Waals surface area contributed by atoms with Crippen molar-refractivity contribution in [3.63, 3.8) is 0 Å². The maximum atomic E-state index is 12.5. The normalized spacial score (nSPS) is 10.1. The standard InChI is InChI=1S/C23H22N2O4/c1-3-29-21-7-5-4-6-20(21)25-23(27)16-8-12-18(13-9-16)24-22(26)17-10-14-19(28-2)15-11-17/h4-15H,3H2,1-2H3,(H,24,26)(H,25,27). The van der Waals surface area contributed by atoms with Crippen LogP contribution >= 0.6 is 0 Å². The van der Waals surface area contributed by atoms with Crippen molar-refractivity contribution in [3.05, 3.63) is 83.9 Å². The third-order valence-corrected chi connectivity index (χ3v) is 4.19. The minimum Gasteiger partial charge on any atom is -0.497 e. The van der Waals surface area contributed by atoms with Crippen LogP contribution < -0.4 is 20.1 Å². The molecule has 29 heavy (non-hydrogen) atoms. The zero-order chi connectivity index (χ0) is 20.6. The van der Waals surface area contributed by atoms with E-state index < -0.39 is 0 Å². The first-order chi connectivity index (χ1) is 14.1. The van der Waals surface area contributed by atoms with Crippen molar-refractivity contribution >= 4 is 23.2 Å². The number of hydrogen-bond donors (Lipinski definition) is 2. The molecule has 0 aliphatic carbocycles. The highest BCUT2D eigenvalue weighted by molar-refractivity contribution is 6.06. The van der Waals surface area contributed by atoms with E-state index in [1.165, 1.54) is 0 Å². The van der Waals surface area contributed by atoms with Gasteiger partial charge >= 0.3 is 0 Å². The first kappa shape index (κ1) is 19.9. The lowest BCUT2D eigenvalue weighted by molar-refractivity contribution is 0.101.